The second-order valence-electron chi connectivity index (χ2n) is 1.77. The zero-order valence-corrected chi connectivity index (χ0v) is 6.33. The molecule has 0 aromatic rings. The van der Waals surface area contributed by atoms with E-state index in [1.54, 1.807) is 0 Å². The summed E-state index contributed by atoms with van der Waals surface area (Å²) in [6.45, 7) is 2.01. The van der Waals surface area contributed by atoms with E-state index in [9.17, 15) is 4.21 Å². The van der Waals surface area contributed by atoms with Crippen LogP contribution in [0.1, 0.15) is 19.8 Å². The molecule has 0 aliphatic heterocycles. The van der Waals surface area contributed by atoms with E-state index in [1.807, 2.05) is 6.92 Å². The van der Waals surface area contributed by atoms with Crippen LogP contribution in [0, 0.1) is 5.41 Å². The highest BCUT2D eigenvalue weighted by Crippen LogP contribution is 1.90. The lowest BCUT2D eigenvalue weighted by molar-refractivity contribution is 0.686. The van der Waals surface area contributed by atoms with Gasteiger partial charge in [0.15, 0.2) is 5.17 Å². The van der Waals surface area contributed by atoms with Gasteiger partial charge < -0.3 is 5.73 Å². The van der Waals surface area contributed by atoms with Crippen molar-refractivity contribution in [2.75, 3.05) is 5.75 Å². The van der Waals surface area contributed by atoms with E-state index in [4.69, 9.17) is 11.1 Å². The third-order valence-corrected chi connectivity index (χ3v) is 2.08. The first kappa shape index (κ1) is 8.62. The molecular formula is C5H12N2OS. The second kappa shape index (κ2) is 4.49. The molecule has 0 heterocycles. The zero-order chi connectivity index (χ0) is 7.28. The lowest BCUT2D eigenvalue weighted by Gasteiger charge is -1.94. The van der Waals surface area contributed by atoms with Crippen LogP contribution in [0.5, 0.6) is 0 Å². The molecule has 54 valence electrons. The largest absolute Gasteiger partial charge is 0.377 e. The lowest BCUT2D eigenvalue weighted by Crippen LogP contribution is -2.18. The minimum atomic E-state index is -1.21. The van der Waals surface area contributed by atoms with E-state index < -0.39 is 10.8 Å². The van der Waals surface area contributed by atoms with Crippen LogP contribution in [0.15, 0.2) is 0 Å². The Labute approximate surface area is 57.6 Å². The van der Waals surface area contributed by atoms with Gasteiger partial charge in [-0.1, -0.05) is 13.3 Å². The Morgan fingerprint density at radius 1 is 1.78 bits per heavy atom. The predicted molar refractivity (Wildman–Crippen MR) is 39.8 cm³/mol. The Morgan fingerprint density at radius 3 is 2.67 bits per heavy atom. The van der Waals surface area contributed by atoms with Crippen LogP contribution >= 0.6 is 0 Å². The van der Waals surface area contributed by atoms with Gasteiger partial charge >= 0.3 is 0 Å². The zero-order valence-electron chi connectivity index (χ0n) is 5.52. The van der Waals surface area contributed by atoms with Crippen molar-refractivity contribution >= 4 is 16.0 Å². The van der Waals surface area contributed by atoms with Crippen LogP contribution < -0.4 is 5.73 Å². The summed E-state index contributed by atoms with van der Waals surface area (Å²) >= 11 is 0. The van der Waals surface area contributed by atoms with E-state index >= 15 is 0 Å². The van der Waals surface area contributed by atoms with Gasteiger partial charge in [0.1, 0.15) is 0 Å². The molecule has 0 fully saturated rings. The Bertz CT molecular complexity index is 124. The third kappa shape index (κ3) is 4.14. The summed E-state index contributed by atoms with van der Waals surface area (Å²) in [7, 11) is -1.21. The van der Waals surface area contributed by atoms with Crippen molar-refractivity contribution in [3.05, 3.63) is 0 Å². The average molecular weight is 148 g/mol. The fourth-order valence-electron chi connectivity index (χ4n) is 0.385. The van der Waals surface area contributed by atoms with Crippen molar-refractivity contribution in [1.82, 2.24) is 0 Å². The summed E-state index contributed by atoms with van der Waals surface area (Å²) in [4.78, 5) is 0. The van der Waals surface area contributed by atoms with E-state index in [0.717, 1.165) is 12.8 Å². The molecule has 1 atom stereocenters. The second-order valence-corrected chi connectivity index (χ2v) is 3.31. The summed E-state index contributed by atoms with van der Waals surface area (Å²) in [5.41, 5.74) is 4.96. The molecule has 1 unspecified atom stereocenters. The van der Waals surface area contributed by atoms with Crippen LogP contribution in [-0.4, -0.2) is 15.1 Å². The fourth-order valence-corrected chi connectivity index (χ4v) is 1.16. The summed E-state index contributed by atoms with van der Waals surface area (Å²) < 4.78 is 10.7. The normalized spacial score (nSPS) is 13.0. The van der Waals surface area contributed by atoms with E-state index in [0.29, 0.717) is 5.75 Å². The molecule has 3 N–H and O–H groups in total. The van der Waals surface area contributed by atoms with Crippen molar-refractivity contribution in [3.8, 4) is 0 Å². The summed E-state index contributed by atoms with van der Waals surface area (Å²) in [5, 5.41) is 6.55. The number of unbranched alkanes of at least 4 members (excludes halogenated alkanes) is 1. The predicted octanol–water partition coefficient (Wildman–Crippen LogP) is 0.429. The van der Waals surface area contributed by atoms with Crippen LogP contribution in [-0.2, 0) is 10.8 Å². The van der Waals surface area contributed by atoms with Gasteiger partial charge in [0.25, 0.3) is 0 Å². The number of nitrogens with two attached hydrogens (primary N) is 1. The fraction of sp³-hybridized carbons (Fsp3) is 0.800. The maximum Gasteiger partial charge on any atom is 0.182 e. The lowest BCUT2D eigenvalue weighted by atomic mass is 10.4. The van der Waals surface area contributed by atoms with Gasteiger partial charge in [0.2, 0.25) is 0 Å². The molecule has 0 bridgehead atoms. The van der Waals surface area contributed by atoms with Crippen LogP contribution in [0.2, 0.25) is 0 Å². The van der Waals surface area contributed by atoms with Crippen molar-refractivity contribution in [2.24, 2.45) is 5.73 Å². The molecule has 3 nitrogen and oxygen atoms in total. The highest BCUT2D eigenvalue weighted by Gasteiger charge is 1.99. The number of hydrogen-bond acceptors (Lipinski definition) is 2. The standard InChI is InChI=1S/C5H12N2OS/c1-2-3-4-9(8)5(6)7/h2-4H2,1H3,(H3,6,7). The Balaban J connectivity index is 3.39. The van der Waals surface area contributed by atoms with Crippen LogP contribution in [0.25, 0.3) is 0 Å². The molecule has 0 aliphatic carbocycles. The van der Waals surface area contributed by atoms with Gasteiger partial charge in [-0.15, -0.1) is 0 Å². The van der Waals surface area contributed by atoms with Gasteiger partial charge in [-0.25, -0.2) is 0 Å². The number of amidine groups is 1. The van der Waals surface area contributed by atoms with Crippen molar-refractivity contribution in [3.63, 3.8) is 0 Å². The van der Waals surface area contributed by atoms with Gasteiger partial charge in [-0.05, 0) is 6.42 Å². The molecule has 0 amide bonds. The van der Waals surface area contributed by atoms with E-state index in [-0.39, 0.29) is 5.17 Å². The molecule has 0 spiro atoms. The smallest absolute Gasteiger partial charge is 0.182 e. The number of rotatable bonds is 3. The van der Waals surface area contributed by atoms with Gasteiger partial charge in [-0.3, -0.25) is 9.62 Å². The molecule has 0 aliphatic rings. The maximum absolute atomic E-state index is 10.7. The molecule has 0 saturated carbocycles. The first-order chi connectivity index (χ1) is 4.18. The van der Waals surface area contributed by atoms with Crippen LogP contribution in [0.3, 0.4) is 0 Å². The Morgan fingerprint density at radius 2 is 2.33 bits per heavy atom. The minimum absolute atomic E-state index is 0.205. The minimum Gasteiger partial charge on any atom is -0.377 e. The molecule has 0 aromatic carbocycles. The van der Waals surface area contributed by atoms with Crippen LogP contribution in [0.4, 0.5) is 0 Å². The van der Waals surface area contributed by atoms with Crippen molar-refractivity contribution < 1.29 is 4.21 Å². The van der Waals surface area contributed by atoms with Gasteiger partial charge in [0, 0.05) is 5.75 Å². The highest BCUT2D eigenvalue weighted by atomic mass is 32.2. The number of nitrogens with one attached hydrogen (secondary N) is 1. The molecule has 0 aromatic heterocycles. The summed E-state index contributed by atoms with van der Waals surface area (Å²) in [5.74, 6) is 0.534. The van der Waals surface area contributed by atoms with Crippen molar-refractivity contribution in [1.29, 1.82) is 5.41 Å². The SMILES string of the molecule is CCCCS(=O)C(=N)N. The first-order valence-corrected chi connectivity index (χ1v) is 4.22. The third-order valence-electron chi connectivity index (χ3n) is 0.929. The highest BCUT2D eigenvalue weighted by molar-refractivity contribution is 8.00. The monoisotopic (exact) mass is 148 g/mol. The molecule has 0 saturated heterocycles. The average Bonchev–Trinajstić information content (AvgIpc) is 1.82. The van der Waals surface area contributed by atoms with E-state index in [2.05, 4.69) is 0 Å². The molecule has 9 heavy (non-hydrogen) atoms. The first-order valence-electron chi connectivity index (χ1n) is 2.91. The molecule has 0 rings (SSSR count). The van der Waals surface area contributed by atoms with Crippen molar-refractivity contribution in [2.45, 2.75) is 19.8 Å². The van der Waals surface area contributed by atoms with Gasteiger partial charge in [-0.2, -0.15) is 0 Å². The topological polar surface area (TPSA) is 66.9 Å². The molecule has 0 radical (unpaired) electrons. The van der Waals surface area contributed by atoms with Gasteiger partial charge in [0.05, 0.1) is 10.8 Å². The quantitative estimate of drug-likeness (QED) is 0.450. The number of hydrogen-bond donors (Lipinski definition) is 2. The molecule has 4 heteroatoms. The Kier molecular flexibility index (Phi) is 4.30. The summed E-state index contributed by atoms with van der Waals surface area (Å²) in [6, 6.07) is 0. The van der Waals surface area contributed by atoms with E-state index in [1.165, 1.54) is 0 Å². The molecular weight excluding hydrogens is 136 g/mol. The Hall–Kier alpha value is -0.380. The maximum atomic E-state index is 10.7. The summed E-state index contributed by atoms with van der Waals surface area (Å²) in [6.07, 6.45) is 1.88.